The fourth-order valence-electron chi connectivity index (χ4n) is 1.55. The highest BCUT2D eigenvalue weighted by atomic mass is 16.5. The van der Waals surface area contributed by atoms with Crippen molar-refractivity contribution >= 4 is 5.69 Å². The molecular formula is C11H17N5O. The van der Waals surface area contributed by atoms with Crippen molar-refractivity contribution in [2.75, 3.05) is 5.73 Å². The first kappa shape index (κ1) is 11.5. The van der Waals surface area contributed by atoms with Crippen molar-refractivity contribution in [2.24, 2.45) is 7.05 Å². The molecule has 0 saturated carbocycles. The van der Waals surface area contributed by atoms with Gasteiger partial charge in [0.05, 0.1) is 24.1 Å². The molecule has 6 heteroatoms. The molecule has 0 spiro atoms. The first-order valence-electron chi connectivity index (χ1n) is 5.50. The summed E-state index contributed by atoms with van der Waals surface area (Å²) < 4.78 is 9.19. The molecule has 0 aliphatic heterocycles. The Bertz CT molecular complexity index is 526. The number of ether oxygens (including phenoxy) is 1. The Hall–Kier alpha value is -1.98. The average molecular weight is 235 g/mol. The molecule has 0 aliphatic rings. The van der Waals surface area contributed by atoms with Gasteiger partial charge in [-0.05, 0) is 20.8 Å². The number of aromatic nitrogens is 4. The van der Waals surface area contributed by atoms with Gasteiger partial charge in [0.25, 0.3) is 0 Å². The second-order valence-corrected chi connectivity index (χ2v) is 4.29. The van der Waals surface area contributed by atoms with E-state index in [4.69, 9.17) is 10.5 Å². The van der Waals surface area contributed by atoms with Crippen molar-refractivity contribution in [3.8, 4) is 11.6 Å². The molecule has 2 heterocycles. The molecule has 2 aromatic heterocycles. The second-order valence-electron chi connectivity index (χ2n) is 4.29. The number of rotatable bonds is 3. The highest BCUT2D eigenvalue weighted by Crippen LogP contribution is 2.31. The molecule has 0 unspecified atom stereocenters. The molecule has 0 bridgehead atoms. The van der Waals surface area contributed by atoms with E-state index in [0.29, 0.717) is 17.3 Å². The minimum atomic E-state index is 0.192. The first-order valence-corrected chi connectivity index (χ1v) is 5.50. The quantitative estimate of drug-likeness (QED) is 0.881. The van der Waals surface area contributed by atoms with Crippen molar-refractivity contribution in [3.05, 3.63) is 18.1 Å². The Morgan fingerprint density at radius 2 is 2.12 bits per heavy atom. The lowest BCUT2D eigenvalue weighted by atomic mass is 10.4. The van der Waals surface area contributed by atoms with Gasteiger partial charge in [-0.25, -0.2) is 4.68 Å². The Labute approximate surface area is 100.0 Å². The van der Waals surface area contributed by atoms with Gasteiger partial charge in [-0.3, -0.25) is 4.68 Å². The van der Waals surface area contributed by atoms with Gasteiger partial charge in [0, 0.05) is 7.05 Å². The molecule has 0 saturated heterocycles. The smallest absolute Gasteiger partial charge is 0.241 e. The number of hydrogen-bond donors (Lipinski definition) is 1. The highest BCUT2D eigenvalue weighted by molar-refractivity contribution is 5.53. The maximum atomic E-state index is 5.96. The molecular weight excluding hydrogens is 218 g/mol. The van der Waals surface area contributed by atoms with Crippen LogP contribution < -0.4 is 10.5 Å². The van der Waals surface area contributed by atoms with Crippen molar-refractivity contribution in [1.82, 2.24) is 19.6 Å². The van der Waals surface area contributed by atoms with Crippen molar-refractivity contribution in [1.29, 1.82) is 0 Å². The first-order chi connectivity index (χ1) is 7.99. The Balaban J connectivity index is 2.37. The number of anilines is 1. The van der Waals surface area contributed by atoms with E-state index in [9.17, 15) is 0 Å². The Morgan fingerprint density at radius 3 is 2.65 bits per heavy atom. The van der Waals surface area contributed by atoms with E-state index in [1.54, 1.807) is 21.8 Å². The third-order valence-electron chi connectivity index (χ3n) is 2.47. The summed E-state index contributed by atoms with van der Waals surface area (Å²) in [6, 6.07) is 0.192. The van der Waals surface area contributed by atoms with E-state index in [0.717, 1.165) is 5.69 Å². The van der Waals surface area contributed by atoms with Gasteiger partial charge in [0.1, 0.15) is 5.69 Å². The maximum absolute atomic E-state index is 5.96. The van der Waals surface area contributed by atoms with Crippen LogP contribution in [0.5, 0.6) is 11.6 Å². The molecule has 0 aromatic carbocycles. The largest absolute Gasteiger partial charge is 0.434 e. The van der Waals surface area contributed by atoms with Gasteiger partial charge in [-0.2, -0.15) is 10.2 Å². The fourth-order valence-corrected chi connectivity index (χ4v) is 1.55. The van der Waals surface area contributed by atoms with Crippen LogP contribution in [0.15, 0.2) is 12.4 Å². The zero-order chi connectivity index (χ0) is 12.6. The van der Waals surface area contributed by atoms with E-state index in [2.05, 4.69) is 10.2 Å². The van der Waals surface area contributed by atoms with Gasteiger partial charge in [0.15, 0.2) is 5.75 Å². The Morgan fingerprint density at radius 1 is 1.41 bits per heavy atom. The second kappa shape index (κ2) is 4.12. The normalized spacial score (nSPS) is 11.1. The molecule has 2 N–H and O–H groups in total. The summed E-state index contributed by atoms with van der Waals surface area (Å²) in [5.41, 5.74) is 7.31. The predicted molar refractivity (Wildman–Crippen MR) is 65.0 cm³/mol. The van der Waals surface area contributed by atoms with Gasteiger partial charge < -0.3 is 10.5 Å². The summed E-state index contributed by atoms with van der Waals surface area (Å²) in [5, 5.41) is 8.40. The molecule has 2 rings (SSSR count). The molecule has 0 fully saturated rings. The molecule has 6 nitrogen and oxygen atoms in total. The van der Waals surface area contributed by atoms with Crippen LogP contribution in [0.2, 0.25) is 0 Å². The summed E-state index contributed by atoms with van der Waals surface area (Å²) in [5.74, 6) is 1.23. The molecule has 92 valence electrons. The monoisotopic (exact) mass is 235 g/mol. The highest BCUT2D eigenvalue weighted by Gasteiger charge is 2.17. The van der Waals surface area contributed by atoms with Crippen LogP contribution in [-0.2, 0) is 7.05 Å². The topological polar surface area (TPSA) is 70.9 Å². The number of hydrogen-bond acceptors (Lipinski definition) is 4. The van der Waals surface area contributed by atoms with Crippen molar-refractivity contribution in [2.45, 2.75) is 26.8 Å². The third kappa shape index (κ3) is 2.11. The lowest BCUT2D eigenvalue weighted by molar-refractivity contribution is 0.389. The lowest BCUT2D eigenvalue weighted by Gasteiger charge is -2.10. The fraction of sp³-hybridized carbons (Fsp3) is 0.455. The standard InChI is InChI=1S/C11H17N5O/c1-7(2)16-11(10(12)8(3)14-16)17-9-5-13-15(4)6-9/h5-7H,12H2,1-4H3. The summed E-state index contributed by atoms with van der Waals surface area (Å²) in [7, 11) is 1.83. The lowest BCUT2D eigenvalue weighted by Crippen LogP contribution is -2.05. The zero-order valence-electron chi connectivity index (χ0n) is 10.5. The summed E-state index contributed by atoms with van der Waals surface area (Å²) in [4.78, 5) is 0. The third-order valence-corrected chi connectivity index (χ3v) is 2.47. The Kier molecular flexibility index (Phi) is 2.79. The molecule has 17 heavy (non-hydrogen) atoms. The van der Waals surface area contributed by atoms with Crippen LogP contribution >= 0.6 is 0 Å². The van der Waals surface area contributed by atoms with E-state index in [1.165, 1.54) is 0 Å². The van der Waals surface area contributed by atoms with E-state index in [1.807, 2.05) is 27.8 Å². The number of nitrogens with two attached hydrogens (primary N) is 1. The summed E-state index contributed by atoms with van der Waals surface area (Å²) in [6.45, 7) is 5.92. The molecule has 0 atom stereocenters. The number of nitrogens with zero attached hydrogens (tertiary/aromatic N) is 4. The average Bonchev–Trinajstić information content (AvgIpc) is 2.77. The zero-order valence-corrected chi connectivity index (χ0v) is 10.5. The number of aryl methyl sites for hydroxylation is 2. The summed E-state index contributed by atoms with van der Waals surface area (Å²) in [6.07, 6.45) is 3.43. The molecule has 0 aliphatic carbocycles. The van der Waals surface area contributed by atoms with Gasteiger partial charge in [-0.15, -0.1) is 0 Å². The maximum Gasteiger partial charge on any atom is 0.241 e. The molecule has 0 amide bonds. The van der Waals surface area contributed by atoms with Crippen LogP contribution in [0.25, 0.3) is 0 Å². The minimum absolute atomic E-state index is 0.192. The van der Waals surface area contributed by atoms with Crippen molar-refractivity contribution in [3.63, 3.8) is 0 Å². The van der Waals surface area contributed by atoms with Crippen LogP contribution in [0.1, 0.15) is 25.6 Å². The SMILES string of the molecule is Cc1nn(C(C)C)c(Oc2cnn(C)c2)c1N. The predicted octanol–water partition coefficient (Wildman–Crippen LogP) is 1.88. The number of nitrogen functional groups attached to an aromatic ring is 1. The van der Waals surface area contributed by atoms with Gasteiger partial charge in [-0.1, -0.05) is 0 Å². The minimum Gasteiger partial charge on any atom is -0.434 e. The van der Waals surface area contributed by atoms with Crippen LogP contribution in [0, 0.1) is 6.92 Å². The van der Waals surface area contributed by atoms with E-state index < -0.39 is 0 Å². The summed E-state index contributed by atoms with van der Waals surface area (Å²) >= 11 is 0. The van der Waals surface area contributed by atoms with Gasteiger partial charge >= 0.3 is 0 Å². The van der Waals surface area contributed by atoms with Crippen LogP contribution in [0.3, 0.4) is 0 Å². The van der Waals surface area contributed by atoms with Crippen LogP contribution in [0.4, 0.5) is 5.69 Å². The molecule has 0 radical (unpaired) electrons. The van der Waals surface area contributed by atoms with Crippen molar-refractivity contribution < 1.29 is 4.74 Å². The van der Waals surface area contributed by atoms with Gasteiger partial charge in [0.2, 0.25) is 5.88 Å². The van der Waals surface area contributed by atoms with Crippen LogP contribution in [-0.4, -0.2) is 19.6 Å². The van der Waals surface area contributed by atoms with E-state index in [-0.39, 0.29) is 6.04 Å². The van der Waals surface area contributed by atoms with E-state index >= 15 is 0 Å². The molecule has 2 aromatic rings.